The Morgan fingerprint density at radius 2 is 1.96 bits per heavy atom. The molecule has 0 atom stereocenters. The minimum atomic E-state index is -0.667. The van der Waals surface area contributed by atoms with E-state index in [0.29, 0.717) is 15.9 Å². The number of amides is 1. The molecular weight excluding hydrogens is 387 g/mol. The number of rotatable bonds is 6. The van der Waals surface area contributed by atoms with Crippen LogP contribution in [0.2, 0.25) is 5.02 Å². The standard InChI is InChI=1S/C20H16ClFN2O4/c1-27-20(26)17-9-18(14-8-13(22)6-7-16(14)24-17)28-11-19(25)23-10-12-4-2-3-5-15(12)21/h2-9H,10-11H2,1H3,(H,23,25). The third kappa shape index (κ3) is 4.55. The molecular formula is C20H16ClFN2O4. The molecule has 0 fully saturated rings. The fourth-order valence-corrected chi connectivity index (χ4v) is 2.73. The fourth-order valence-electron chi connectivity index (χ4n) is 2.53. The number of nitrogens with zero attached hydrogens (tertiary/aromatic N) is 1. The Kier molecular flexibility index (Phi) is 6.06. The van der Waals surface area contributed by atoms with Crippen molar-refractivity contribution in [2.45, 2.75) is 6.54 Å². The van der Waals surface area contributed by atoms with E-state index < -0.39 is 17.7 Å². The van der Waals surface area contributed by atoms with Gasteiger partial charge in [-0.2, -0.15) is 0 Å². The molecule has 0 radical (unpaired) electrons. The molecule has 0 bridgehead atoms. The lowest BCUT2D eigenvalue weighted by Crippen LogP contribution is -2.28. The van der Waals surface area contributed by atoms with Crippen molar-refractivity contribution < 1.29 is 23.5 Å². The Morgan fingerprint density at radius 1 is 1.18 bits per heavy atom. The highest BCUT2D eigenvalue weighted by Gasteiger charge is 2.15. The van der Waals surface area contributed by atoms with E-state index in [1.165, 1.54) is 31.4 Å². The van der Waals surface area contributed by atoms with Crippen LogP contribution in [0.15, 0.2) is 48.5 Å². The Morgan fingerprint density at radius 3 is 2.71 bits per heavy atom. The predicted octanol–water partition coefficient (Wildman–Crippen LogP) is 3.51. The van der Waals surface area contributed by atoms with E-state index in [9.17, 15) is 14.0 Å². The summed E-state index contributed by atoms with van der Waals surface area (Å²) in [5, 5.41) is 3.57. The van der Waals surface area contributed by atoms with Crippen molar-refractivity contribution in [3.63, 3.8) is 0 Å². The number of ether oxygens (including phenoxy) is 2. The second-order valence-electron chi connectivity index (χ2n) is 5.82. The van der Waals surface area contributed by atoms with Gasteiger partial charge < -0.3 is 14.8 Å². The number of methoxy groups -OCH3 is 1. The maximum atomic E-state index is 13.6. The molecule has 0 aliphatic carbocycles. The molecule has 0 spiro atoms. The number of hydrogen-bond acceptors (Lipinski definition) is 5. The van der Waals surface area contributed by atoms with E-state index in [1.807, 2.05) is 6.07 Å². The summed E-state index contributed by atoms with van der Waals surface area (Å²) < 4.78 is 23.8. The van der Waals surface area contributed by atoms with Crippen molar-refractivity contribution >= 4 is 34.4 Å². The first-order valence-electron chi connectivity index (χ1n) is 8.29. The second-order valence-corrected chi connectivity index (χ2v) is 6.22. The van der Waals surface area contributed by atoms with Crippen LogP contribution in [-0.4, -0.2) is 30.6 Å². The number of carbonyl (C=O) groups excluding carboxylic acids is 2. The minimum Gasteiger partial charge on any atom is -0.483 e. The van der Waals surface area contributed by atoms with Crippen molar-refractivity contribution in [2.75, 3.05) is 13.7 Å². The van der Waals surface area contributed by atoms with Gasteiger partial charge in [0.05, 0.1) is 12.6 Å². The molecule has 28 heavy (non-hydrogen) atoms. The number of aromatic nitrogens is 1. The van der Waals surface area contributed by atoms with Gasteiger partial charge in [0.15, 0.2) is 12.3 Å². The number of halogens is 2. The van der Waals surface area contributed by atoms with E-state index in [4.69, 9.17) is 16.3 Å². The second kappa shape index (κ2) is 8.67. The third-order valence-corrected chi connectivity index (χ3v) is 4.29. The van der Waals surface area contributed by atoms with Gasteiger partial charge in [0.25, 0.3) is 5.91 Å². The van der Waals surface area contributed by atoms with E-state index in [1.54, 1.807) is 18.2 Å². The van der Waals surface area contributed by atoms with Crippen molar-refractivity contribution in [3.05, 3.63) is 70.6 Å². The van der Waals surface area contributed by atoms with Crippen LogP contribution in [0, 0.1) is 5.82 Å². The highest BCUT2D eigenvalue weighted by molar-refractivity contribution is 6.31. The Balaban J connectivity index is 1.75. The molecule has 1 N–H and O–H groups in total. The van der Waals surface area contributed by atoms with Crippen molar-refractivity contribution in [3.8, 4) is 5.75 Å². The molecule has 3 aromatic rings. The Hall–Kier alpha value is -3.19. The van der Waals surface area contributed by atoms with E-state index >= 15 is 0 Å². The van der Waals surface area contributed by atoms with Crippen LogP contribution in [0.5, 0.6) is 5.75 Å². The molecule has 144 valence electrons. The van der Waals surface area contributed by atoms with Gasteiger partial charge in [-0.15, -0.1) is 0 Å². The number of nitrogens with one attached hydrogen (secondary N) is 1. The average molecular weight is 403 g/mol. The Bertz CT molecular complexity index is 1040. The van der Waals surface area contributed by atoms with Crippen LogP contribution in [0.3, 0.4) is 0 Å². The van der Waals surface area contributed by atoms with E-state index in [2.05, 4.69) is 15.0 Å². The quantitative estimate of drug-likeness (QED) is 0.638. The molecule has 2 aromatic carbocycles. The summed E-state index contributed by atoms with van der Waals surface area (Å²) >= 11 is 6.05. The molecule has 0 unspecified atom stereocenters. The number of pyridine rings is 1. The third-order valence-electron chi connectivity index (χ3n) is 3.92. The number of hydrogen-bond donors (Lipinski definition) is 1. The summed E-state index contributed by atoms with van der Waals surface area (Å²) in [5.41, 5.74) is 1.10. The lowest BCUT2D eigenvalue weighted by Gasteiger charge is -2.11. The highest BCUT2D eigenvalue weighted by Crippen LogP contribution is 2.26. The lowest BCUT2D eigenvalue weighted by atomic mass is 10.1. The summed E-state index contributed by atoms with van der Waals surface area (Å²) in [6.45, 7) is -0.0955. The van der Waals surface area contributed by atoms with Crippen LogP contribution in [0.25, 0.3) is 10.9 Å². The maximum absolute atomic E-state index is 13.6. The van der Waals surface area contributed by atoms with Gasteiger partial charge >= 0.3 is 5.97 Å². The van der Waals surface area contributed by atoms with Gasteiger partial charge in [0.2, 0.25) is 0 Å². The van der Waals surface area contributed by atoms with E-state index in [0.717, 1.165) is 5.56 Å². The van der Waals surface area contributed by atoms with Crippen molar-refractivity contribution in [1.29, 1.82) is 0 Å². The van der Waals surface area contributed by atoms with Gasteiger partial charge in [-0.1, -0.05) is 29.8 Å². The van der Waals surface area contributed by atoms with Gasteiger partial charge in [-0.25, -0.2) is 14.2 Å². The summed E-state index contributed by atoms with van der Waals surface area (Å²) in [6, 6.07) is 12.3. The molecule has 0 saturated heterocycles. The topological polar surface area (TPSA) is 77.5 Å². The zero-order valence-corrected chi connectivity index (χ0v) is 15.6. The first kappa shape index (κ1) is 19.6. The molecule has 1 heterocycles. The lowest BCUT2D eigenvalue weighted by molar-refractivity contribution is -0.123. The fraction of sp³-hybridized carbons (Fsp3) is 0.150. The minimum absolute atomic E-state index is 0.00640. The normalized spacial score (nSPS) is 10.5. The summed E-state index contributed by atoms with van der Waals surface area (Å²) in [6.07, 6.45) is 0. The molecule has 8 heteroatoms. The predicted molar refractivity (Wildman–Crippen MR) is 102 cm³/mol. The molecule has 3 rings (SSSR count). The Labute approximate surface area is 165 Å². The van der Waals surface area contributed by atoms with Crippen molar-refractivity contribution in [2.24, 2.45) is 0 Å². The number of benzene rings is 2. The average Bonchev–Trinajstić information content (AvgIpc) is 2.70. The summed E-state index contributed by atoms with van der Waals surface area (Å²) in [5.74, 6) is -1.41. The molecule has 1 amide bonds. The van der Waals surface area contributed by atoms with Gasteiger partial charge in [-0.3, -0.25) is 4.79 Å². The van der Waals surface area contributed by atoms with Crippen LogP contribution in [-0.2, 0) is 16.1 Å². The van der Waals surface area contributed by atoms with Crippen molar-refractivity contribution in [1.82, 2.24) is 10.3 Å². The zero-order chi connectivity index (χ0) is 20.1. The summed E-state index contributed by atoms with van der Waals surface area (Å²) in [4.78, 5) is 28.0. The van der Waals surface area contributed by atoms with Crippen LogP contribution in [0.4, 0.5) is 4.39 Å². The largest absolute Gasteiger partial charge is 0.483 e. The molecule has 0 saturated carbocycles. The van der Waals surface area contributed by atoms with Gasteiger partial charge in [0, 0.05) is 23.0 Å². The summed E-state index contributed by atoms with van der Waals surface area (Å²) in [7, 11) is 1.22. The van der Waals surface area contributed by atoms with E-state index in [-0.39, 0.29) is 24.6 Å². The first-order chi connectivity index (χ1) is 13.5. The molecule has 1 aromatic heterocycles. The maximum Gasteiger partial charge on any atom is 0.356 e. The van der Waals surface area contributed by atoms with Crippen LogP contribution in [0.1, 0.15) is 16.1 Å². The zero-order valence-electron chi connectivity index (χ0n) is 14.9. The number of carbonyl (C=O) groups is 2. The van der Waals surface area contributed by atoms with Gasteiger partial charge in [0.1, 0.15) is 11.6 Å². The molecule has 6 nitrogen and oxygen atoms in total. The van der Waals surface area contributed by atoms with Gasteiger partial charge in [-0.05, 0) is 29.8 Å². The number of fused-ring (bicyclic) bond motifs is 1. The highest BCUT2D eigenvalue weighted by atomic mass is 35.5. The molecule has 0 aliphatic heterocycles. The smallest absolute Gasteiger partial charge is 0.356 e. The SMILES string of the molecule is COC(=O)c1cc(OCC(=O)NCc2ccccc2Cl)c2cc(F)ccc2n1. The molecule has 0 aliphatic rings. The number of esters is 1. The monoisotopic (exact) mass is 402 g/mol. The van der Waals surface area contributed by atoms with Crippen LogP contribution >= 0.6 is 11.6 Å². The van der Waals surface area contributed by atoms with Crippen LogP contribution < -0.4 is 10.1 Å². The first-order valence-corrected chi connectivity index (χ1v) is 8.67.